The quantitative estimate of drug-likeness (QED) is 0.371. The molecule has 0 unspecified atom stereocenters. The molecular formula is C29H38BrNO5. The van der Waals surface area contributed by atoms with Gasteiger partial charge in [0.15, 0.2) is 23.1 Å². The average Bonchev–Trinajstić information content (AvgIpc) is 2.77. The summed E-state index contributed by atoms with van der Waals surface area (Å²) >= 11 is 3.63. The Morgan fingerprint density at radius 3 is 1.92 bits per heavy atom. The van der Waals surface area contributed by atoms with Crippen LogP contribution < -0.4 is 9.47 Å². The van der Waals surface area contributed by atoms with Crippen LogP contribution in [0.1, 0.15) is 71.3 Å². The van der Waals surface area contributed by atoms with Crippen LogP contribution in [0.3, 0.4) is 0 Å². The Labute approximate surface area is 223 Å². The first-order chi connectivity index (χ1) is 16.9. The van der Waals surface area contributed by atoms with E-state index in [1.165, 1.54) is 0 Å². The summed E-state index contributed by atoms with van der Waals surface area (Å²) in [6.45, 7) is 9.98. The molecule has 0 saturated carbocycles. The predicted molar refractivity (Wildman–Crippen MR) is 143 cm³/mol. The lowest BCUT2D eigenvalue weighted by Crippen LogP contribution is -2.44. The van der Waals surface area contributed by atoms with Crippen molar-refractivity contribution in [1.82, 2.24) is 4.90 Å². The Kier molecular flexibility index (Phi) is 7.46. The van der Waals surface area contributed by atoms with Crippen LogP contribution >= 0.6 is 15.9 Å². The van der Waals surface area contributed by atoms with E-state index in [9.17, 15) is 9.59 Å². The first-order valence-corrected chi connectivity index (χ1v) is 13.4. The summed E-state index contributed by atoms with van der Waals surface area (Å²) in [5, 5.41) is 0. The number of hydrogen-bond acceptors (Lipinski definition) is 6. The minimum Gasteiger partial charge on any atom is -0.493 e. The summed E-state index contributed by atoms with van der Waals surface area (Å²) in [4.78, 5) is 30.0. The van der Waals surface area contributed by atoms with Crippen molar-refractivity contribution in [2.45, 2.75) is 65.7 Å². The van der Waals surface area contributed by atoms with Crippen LogP contribution in [-0.4, -0.2) is 50.9 Å². The second-order valence-corrected chi connectivity index (χ2v) is 12.6. The summed E-state index contributed by atoms with van der Waals surface area (Å²) in [5.41, 5.74) is 4.22. The van der Waals surface area contributed by atoms with Crippen molar-refractivity contribution in [3.8, 4) is 11.5 Å². The van der Waals surface area contributed by atoms with Crippen molar-refractivity contribution in [3.63, 3.8) is 0 Å². The predicted octanol–water partition coefficient (Wildman–Crippen LogP) is 6.19. The topological polar surface area (TPSA) is 65.1 Å². The molecule has 0 saturated heterocycles. The molecule has 1 aliphatic heterocycles. The first-order valence-electron chi connectivity index (χ1n) is 12.6. The summed E-state index contributed by atoms with van der Waals surface area (Å²) in [7, 11) is 4.91. The Bertz CT molecular complexity index is 1090. The molecule has 1 heterocycles. The van der Waals surface area contributed by atoms with Gasteiger partial charge in [0.2, 0.25) is 0 Å². The molecule has 1 aromatic carbocycles. The van der Waals surface area contributed by atoms with E-state index in [1.54, 1.807) is 21.3 Å². The van der Waals surface area contributed by atoms with Crippen molar-refractivity contribution in [2.24, 2.45) is 10.8 Å². The van der Waals surface area contributed by atoms with E-state index in [0.717, 1.165) is 58.4 Å². The zero-order valence-electron chi connectivity index (χ0n) is 22.5. The molecule has 36 heavy (non-hydrogen) atoms. The van der Waals surface area contributed by atoms with Crippen LogP contribution in [0.15, 0.2) is 39.1 Å². The van der Waals surface area contributed by atoms with Gasteiger partial charge in [-0.1, -0.05) is 27.7 Å². The van der Waals surface area contributed by atoms with Crippen LogP contribution in [0.5, 0.6) is 11.5 Å². The molecule has 3 aliphatic rings. The van der Waals surface area contributed by atoms with Gasteiger partial charge in [0.1, 0.15) is 0 Å². The van der Waals surface area contributed by atoms with Crippen LogP contribution in [0.25, 0.3) is 0 Å². The number of nitrogens with zero attached hydrogens (tertiary/aromatic N) is 1. The molecule has 0 atom stereocenters. The Hall–Kier alpha value is -2.12. The van der Waals surface area contributed by atoms with E-state index in [0.29, 0.717) is 30.9 Å². The lowest BCUT2D eigenvalue weighted by Gasteiger charge is -2.49. The van der Waals surface area contributed by atoms with Gasteiger partial charge >= 0.3 is 0 Å². The second kappa shape index (κ2) is 9.97. The lowest BCUT2D eigenvalue weighted by molar-refractivity contribution is -0.119. The van der Waals surface area contributed by atoms with E-state index in [1.807, 2.05) is 12.1 Å². The fourth-order valence-electron chi connectivity index (χ4n) is 6.12. The van der Waals surface area contributed by atoms with Crippen molar-refractivity contribution >= 4 is 27.5 Å². The smallest absolute Gasteiger partial charge is 0.174 e. The van der Waals surface area contributed by atoms with Gasteiger partial charge in [-0.3, -0.25) is 9.59 Å². The van der Waals surface area contributed by atoms with Gasteiger partial charge in [-0.25, -0.2) is 0 Å². The lowest BCUT2D eigenvalue weighted by atomic mass is 9.63. The fraction of sp³-hybridized carbons (Fsp3) is 0.586. The third-order valence-electron chi connectivity index (χ3n) is 7.54. The third kappa shape index (κ3) is 4.89. The normalized spacial score (nSPS) is 21.5. The van der Waals surface area contributed by atoms with E-state index in [4.69, 9.17) is 14.2 Å². The molecule has 196 valence electrons. The second-order valence-electron chi connectivity index (χ2n) is 11.8. The van der Waals surface area contributed by atoms with Crippen LogP contribution in [0.4, 0.5) is 0 Å². The highest BCUT2D eigenvalue weighted by Gasteiger charge is 2.49. The Morgan fingerprint density at radius 1 is 0.889 bits per heavy atom. The standard InChI is InChI=1S/C29H38BrNO5/c1-28(2)13-19-25(21(32)15-28)24(17-11-18(30)27(36-7)23(12-17)35-6)26-20(31(19)9-8-10-34-5)14-29(3,4)16-22(26)33/h11-12,24H,8-10,13-16H2,1-7H3. The van der Waals surface area contributed by atoms with E-state index < -0.39 is 5.92 Å². The van der Waals surface area contributed by atoms with Gasteiger partial charge in [-0.05, 0) is 63.7 Å². The number of hydrogen-bond donors (Lipinski definition) is 0. The van der Waals surface area contributed by atoms with Crippen LogP contribution in [0.2, 0.25) is 0 Å². The van der Waals surface area contributed by atoms with E-state index in [2.05, 4.69) is 48.5 Å². The number of carbonyl (C=O) groups is 2. The molecule has 4 rings (SSSR count). The average molecular weight is 561 g/mol. The number of ketones is 2. The highest BCUT2D eigenvalue weighted by molar-refractivity contribution is 9.10. The molecule has 1 aromatic rings. The SMILES string of the molecule is COCCCN1C2=C(C(=O)CC(C)(C)C2)C(c2cc(Br)c(OC)c(OC)c2)C2=C1CC(C)(C)CC2=O. The molecule has 0 N–H and O–H groups in total. The minimum atomic E-state index is -0.419. The molecule has 0 amide bonds. The highest BCUT2D eigenvalue weighted by atomic mass is 79.9. The molecule has 0 fully saturated rings. The number of allylic oxidation sites excluding steroid dienone is 4. The molecule has 6 nitrogen and oxygen atoms in total. The van der Waals surface area contributed by atoms with Crippen molar-refractivity contribution in [1.29, 1.82) is 0 Å². The molecule has 2 aliphatic carbocycles. The fourth-order valence-corrected chi connectivity index (χ4v) is 6.74. The van der Waals surface area contributed by atoms with Gasteiger partial charge in [-0.2, -0.15) is 0 Å². The van der Waals surface area contributed by atoms with Crippen molar-refractivity contribution < 1.29 is 23.8 Å². The van der Waals surface area contributed by atoms with Gasteiger partial charge in [0.25, 0.3) is 0 Å². The number of benzene rings is 1. The van der Waals surface area contributed by atoms with Crippen LogP contribution in [-0.2, 0) is 14.3 Å². The van der Waals surface area contributed by atoms with Crippen molar-refractivity contribution in [3.05, 3.63) is 44.7 Å². The van der Waals surface area contributed by atoms with Crippen LogP contribution in [0, 0.1) is 10.8 Å². The molecule has 7 heteroatoms. The van der Waals surface area contributed by atoms with E-state index >= 15 is 0 Å². The largest absolute Gasteiger partial charge is 0.493 e. The third-order valence-corrected chi connectivity index (χ3v) is 8.13. The van der Waals surface area contributed by atoms with Gasteiger partial charge < -0.3 is 19.1 Å². The Morgan fingerprint density at radius 2 is 1.44 bits per heavy atom. The number of carbonyl (C=O) groups excluding carboxylic acids is 2. The van der Waals surface area contributed by atoms with Crippen molar-refractivity contribution in [2.75, 3.05) is 34.5 Å². The number of Topliss-reactive ketones (excluding diaryl/α,β-unsaturated/α-hetero) is 2. The van der Waals surface area contributed by atoms with Gasteiger partial charge in [0.05, 0.1) is 18.7 Å². The van der Waals surface area contributed by atoms with E-state index in [-0.39, 0.29) is 22.4 Å². The summed E-state index contributed by atoms with van der Waals surface area (Å²) in [6, 6.07) is 3.89. The molecule has 0 bridgehead atoms. The molecular weight excluding hydrogens is 522 g/mol. The van der Waals surface area contributed by atoms with Gasteiger partial charge in [0, 0.05) is 61.6 Å². The maximum Gasteiger partial charge on any atom is 0.174 e. The van der Waals surface area contributed by atoms with Gasteiger partial charge in [-0.15, -0.1) is 0 Å². The summed E-state index contributed by atoms with van der Waals surface area (Å²) in [5.74, 6) is 0.989. The maximum atomic E-state index is 13.9. The summed E-state index contributed by atoms with van der Waals surface area (Å²) < 4.78 is 17.3. The molecule has 0 spiro atoms. The number of halogens is 1. The zero-order valence-corrected chi connectivity index (χ0v) is 24.1. The maximum absolute atomic E-state index is 13.9. The number of rotatable bonds is 7. The minimum absolute atomic E-state index is 0.123. The number of methoxy groups -OCH3 is 3. The number of ether oxygens (including phenoxy) is 3. The molecule has 0 aromatic heterocycles. The Balaban J connectivity index is 1.99. The summed E-state index contributed by atoms with van der Waals surface area (Å²) in [6.07, 6.45) is 3.32. The monoisotopic (exact) mass is 559 g/mol. The zero-order chi connectivity index (χ0) is 26.4. The highest BCUT2D eigenvalue weighted by Crippen LogP contribution is 2.55. The molecule has 0 radical (unpaired) electrons. The first kappa shape index (κ1) is 26.9.